The van der Waals surface area contributed by atoms with Crippen molar-refractivity contribution in [1.29, 1.82) is 0 Å². The summed E-state index contributed by atoms with van der Waals surface area (Å²) in [5, 5.41) is 19.5. The molecule has 0 spiro atoms. The summed E-state index contributed by atoms with van der Waals surface area (Å²) >= 11 is 0. The van der Waals surface area contributed by atoms with Crippen LogP contribution in [0.1, 0.15) is 80.3 Å². The Balaban J connectivity index is 1.38. The molecule has 0 atom stereocenters. The molecule has 0 fully saturated rings. The van der Waals surface area contributed by atoms with E-state index < -0.39 is 41.2 Å². The maximum Gasteiger partial charge on any atom is 0.339 e. The fraction of sp³-hybridized carbons (Fsp3) is 0.209. The summed E-state index contributed by atoms with van der Waals surface area (Å²) in [6.07, 6.45) is 0. The van der Waals surface area contributed by atoms with Gasteiger partial charge in [0.1, 0.15) is 49.4 Å². The second-order valence-electron chi connectivity index (χ2n) is 13.0. The van der Waals surface area contributed by atoms with Gasteiger partial charge in [0.25, 0.3) is 0 Å². The largest absolute Gasteiger partial charge is 0.478 e. The highest BCUT2D eigenvalue weighted by atomic mass is 16.6. The Labute approximate surface area is 327 Å². The van der Waals surface area contributed by atoms with Crippen molar-refractivity contribution in [3.05, 3.63) is 143 Å². The van der Waals surface area contributed by atoms with Crippen molar-refractivity contribution < 1.29 is 67.4 Å². The van der Waals surface area contributed by atoms with E-state index >= 15 is 0 Å². The molecular formula is C43H40O14. The maximum absolute atomic E-state index is 12.6. The van der Waals surface area contributed by atoms with Crippen LogP contribution in [0.25, 0.3) is 0 Å². The molecule has 0 heterocycles. The molecule has 4 aromatic carbocycles. The first-order valence-electron chi connectivity index (χ1n) is 17.3. The predicted molar refractivity (Wildman–Crippen MR) is 204 cm³/mol. The van der Waals surface area contributed by atoms with Gasteiger partial charge >= 0.3 is 35.8 Å². The lowest BCUT2D eigenvalue weighted by Gasteiger charge is -2.26. The van der Waals surface area contributed by atoms with E-state index in [-0.39, 0.29) is 71.3 Å². The second-order valence-corrected chi connectivity index (χ2v) is 13.0. The van der Waals surface area contributed by atoms with Gasteiger partial charge in [-0.3, -0.25) is 0 Å². The Kier molecular flexibility index (Phi) is 14.1. The van der Waals surface area contributed by atoms with E-state index in [9.17, 15) is 39.0 Å². The minimum Gasteiger partial charge on any atom is -0.478 e. The molecular weight excluding hydrogens is 740 g/mol. The zero-order chi connectivity index (χ0) is 41.9. The molecule has 296 valence electrons. The van der Waals surface area contributed by atoms with E-state index in [1.165, 1.54) is 50.2 Å². The summed E-state index contributed by atoms with van der Waals surface area (Å²) in [7, 11) is 0. The van der Waals surface area contributed by atoms with Gasteiger partial charge in [0.2, 0.25) is 0 Å². The number of aromatic carboxylic acids is 2. The van der Waals surface area contributed by atoms with Gasteiger partial charge in [-0.15, -0.1) is 0 Å². The summed E-state index contributed by atoms with van der Waals surface area (Å²) in [5.74, 6) is -4.66. The van der Waals surface area contributed by atoms with Crippen LogP contribution in [0.3, 0.4) is 0 Å². The normalized spacial score (nSPS) is 10.7. The molecule has 0 saturated heterocycles. The fourth-order valence-corrected chi connectivity index (χ4v) is 5.14. The van der Waals surface area contributed by atoms with Gasteiger partial charge < -0.3 is 38.6 Å². The lowest BCUT2D eigenvalue weighted by Crippen LogP contribution is -2.18. The number of esters is 4. The van der Waals surface area contributed by atoms with Gasteiger partial charge in [-0.25, -0.2) is 28.8 Å². The quantitative estimate of drug-likeness (QED) is 0.0434. The van der Waals surface area contributed by atoms with Crippen molar-refractivity contribution in [1.82, 2.24) is 0 Å². The molecule has 0 amide bonds. The van der Waals surface area contributed by atoms with E-state index in [0.29, 0.717) is 11.5 Å². The molecule has 4 aromatic rings. The third kappa shape index (κ3) is 11.4. The summed E-state index contributed by atoms with van der Waals surface area (Å²) in [4.78, 5) is 72.0. The van der Waals surface area contributed by atoms with Crippen LogP contribution in [-0.2, 0) is 34.0 Å². The monoisotopic (exact) mass is 780 g/mol. The van der Waals surface area contributed by atoms with Crippen LogP contribution in [0.2, 0.25) is 0 Å². The minimum atomic E-state index is -1.37. The first-order chi connectivity index (χ1) is 27.0. The van der Waals surface area contributed by atoms with E-state index in [0.717, 1.165) is 11.1 Å². The van der Waals surface area contributed by atoms with E-state index in [1.54, 1.807) is 24.3 Å². The van der Waals surface area contributed by atoms with Crippen LogP contribution in [0.5, 0.6) is 23.0 Å². The zero-order valence-corrected chi connectivity index (χ0v) is 31.6. The van der Waals surface area contributed by atoms with Crippen LogP contribution in [-0.4, -0.2) is 72.5 Å². The van der Waals surface area contributed by atoms with Crippen molar-refractivity contribution in [2.75, 3.05) is 26.4 Å². The van der Waals surface area contributed by atoms with Crippen LogP contribution in [0.15, 0.2) is 109 Å². The minimum absolute atomic E-state index is 0.172. The van der Waals surface area contributed by atoms with Gasteiger partial charge in [-0.05, 0) is 85.6 Å². The lowest BCUT2D eigenvalue weighted by molar-refractivity contribution is -0.140. The molecule has 0 aromatic heterocycles. The lowest BCUT2D eigenvalue weighted by atomic mass is 9.78. The Morgan fingerprint density at radius 1 is 0.491 bits per heavy atom. The maximum atomic E-state index is 12.6. The average Bonchev–Trinajstić information content (AvgIpc) is 3.18. The van der Waals surface area contributed by atoms with Gasteiger partial charge in [0.05, 0.1) is 22.3 Å². The number of carbonyl (C=O) groups excluding carboxylic acids is 4. The molecule has 0 bridgehead atoms. The van der Waals surface area contributed by atoms with Crippen LogP contribution >= 0.6 is 0 Å². The van der Waals surface area contributed by atoms with Gasteiger partial charge in [-0.2, -0.15) is 0 Å². The first kappa shape index (κ1) is 42.5. The zero-order valence-electron chi connectivity index (χ0n) is 31.6. The number of hydrogen-bond acceptors (Lipinski definition) is 12. The summed E-state index contributed by atoms with van der Waals surface area (Å²) in [6, 6.07) is 22.2. The SMILES string of the molecule is C=C(C)C(=O)OCCOC(=O)c1ccc(Oc2ccc(C(C)(C)c3ccc(Oc4ccc(C(=O)OCCOC(=O)C(=C)C)c(C(=O)O)c4)cc3)cc2)cc1C(=O)O. The number of rotatable bonds is 18. The highest BCUT2D eigenvalue weighted by Gasteiger charge is 2.25. The first-order valence-corrected chi connectivity index (χ1v) is 17.3. The van der Waals surface area contributed by atoms with Crippen molar-refractivity contribution >= 4 is 35.8 Å². The van der Waals surface area contributed by atoms with Crippen LogP contribution < -0.4 is 9.47 Å². The van der Waals surface area contributed by atoms with Crippen molar-refractivity contribution in [2.24, 2.45) is 0 Å². The summed E-state index contributed by atoms with van der Waals surface area (Å²) < 4.78 is 31.7. The third-order valence-electron chi connectivity index (χ3n) is 8.30. The fourth-order valence-electron chi connectivity index (χ4n) is 5.14. The molecule has 14 heteroatoms. The third-order valence-corrected chi connectivity index (χ3v) is 8.30. The predicted octanol–water partition coefficient (Wildman–Crippen LogP) is 7.55. The highest BCUT2D eigenvalue weighted by Crippen LogP contribution is 2.35. The molecule has 2 N–H and O–H groups in total. The number of carboxylic acids is 2. The van der Waals surface area contributed by atoms with E-state index in [1.807, 2.05) is 38.1 Å². The number of benzene rings is 4. The van der Waals surface area contributed by atoms with Crippen molar-refractivity contribution in [2.45, 2.75) is 33.1 Å². The van der Waals surface area contributed by atoms with Crippen LogP contribution in [0.4, 0.5) is 0 Å². The molecule has 14 nitrogen and oxygen atoms in total. The average molecular weight is 781 g/mol. The Hall–Kier alpha value is -7.22. The van der Waals surface area contributed by atoms with Crippen molar-refractivity contribution in [3.8, 4) is 23.0 Å². The Morgan fingerprint density at radius 2 is 0.807 bits per heavy atom. The number of carboxylic acid groups (broad SMARTS) is 2. The number of carbonyl (C=O) groups is 6. The van der Waals surface area contributed by atoms with E-state index in [2.05, 4.69) is 13.2 Å². The van der Waals surface area contributed by atoms with Crippen molar-refractivity contribution in [3.63, 3.8) is 0 Å². The van der Waals surface area contributed by atoms with Gasteiger partial charge in [-0.1, -0.05) is 51.3 Å². The highest BCUT2D eigenvalue weighted by molar-refractivity contribution is 6.03. The standard InChI is InChI=1S/C43H40O14/c1-25(2)39(48)52-19-21-54-41(50)33-17-15-31(23-35(33)37(44)45)56-29-11-7-27(8-12-29)43(5,6)28-9-13-30(14-10-28)57-32-16-18-34(36(24-32)38(46)47)42(51)55-22-20-53-40(49)26(3)4/h7-18,23-24H,1,3,19-22H2,2,4-6H3,(H,44,45)(H,46,47). The van der Waals surface area contributed by atoms with E-state index in [4.69, 9.17) is 28.4 Å². The number of ether oxygens (including phenoxy) is 6. The molecule has 0 aliphatic rings. The van der Waals surface area contributed by atoms with Gasteiger partial charge in [0.15, 0.2) is 0 Å². The molecule has 4 rings (SSSR count). The molecule has 0 unspecified atom stereocenters. The smallest absolute Gasteiger partial charge is 0.339 e. The molecule has 0 saturated carbocycles. The molecule has 57 heavy (non-hydrogen) atoms. The summed E-state index contributed by atoms with van der Waals surface area (Å²) in [5.41, 5.74) is 0.643. The molecule has 0 aliphatic heterocycles. The van der Waals surface area contributed by atoms with Crippen LogP contribution in [0, 0.1) is 0 Å². The summed E-state index contributed by atoms with van der Waals surface area (Å²) in [6.45, 7) is 12.9. The Bertz CT molecular complexity index is 2040. The molecule has 0 radical (unpaired) electrons. The van der Waals surface area contributed by atoms with Gasteiger partial charge in [0, 0.05) is 16.6 Å². The second kappa shape index (κ2) is 18.9. The Morgan fingerprint density at radius 3 is 1.12 bits per heavy atom. The topological polar surface area (TPSA) is 198 Å². The molecule has 0 aliphatic carbocycles. The number of hydrogen-bond donors (Lipinski definition) is 2.